The van der Waals surface area contributed by atoms with E-state index in [9.17, 15) is 23.2 Å². The van der Waals surface area contributed by atoms with Gasteiger partial charge in [0.25, 0.3) is 5.91 Å². The fourth-order valence-electron chi connectivity index (χ4n) is 4.30. The van der Waals surface area contributed by atoms with Crippen LogP contribution in [0, 0.1) is 23.5 Å². The zero-order chi connectivity index (χ0) is 22.8. The van der Waals surface area contributed by atoms with Crippen molar-refractivity contribution in [2.75, 3.05) is 31.1 Å². The highest BCUT2D eigenvalue weighted by Gasteiger charge is 2.39. The summed E-state index contributed by atoms with van der Waals surface area (Å²) in [6.45, 7) is 1.69. The Hall–Kier alpha value is -3.30. The molecule has 0 radical (unpaired) electrons. The van der Waals surface area contributed by atoms with Gasteiger partial charge in [-0.25, -0.2) is 8.78 Å². The largest absolute Gasteiger partial charge is 0.352 e. The third-order valence-corrected chi connectivity index (χ3v) is 6.12. The van der Waals surface area contributed by atoms with E-state index in [0.29, 0.717) is 25.2 Å². The molecule has 0 saturated carbocycles. The molecule has 1 aromatic heterocycles. The molecule has 32 heavy (non-hydrogen) atoms. The van der Waals surface area contributed by atoms with Gasteiger partial charge in [-0.3, -0.25) is 19.1 Å². The molecule has 0 bridgehead atoms. The Morgan fingerprint density at radius 3 is 2.62 bits per heavy atom. The molecule has 8 nitrogen and oxygen atoms in total. The molecule has 1 unspecified atom stereocenters. The molecule has 0 spiro atoms. The summed E-state index contributed by atoms with van der Waals surface area (Å²) in [5.41, 5.74) is 0.503. The maximum absolute atomic E-state index is 14.1. The molecule has 10 heteroatoms. The van der Waals surface area contributed by atoms with E-state index in [1.54, 1.807) is 22.8 Å². The second-order valence-corrected chi connectivity index (χ2v) is 8.38. The molecule has 4 rings (SSSR count). The van der Waals surface area contributed by atoms with E-state index in [2.05, 4.69) is 10.4 Å². The second-order valence-electron chi connectivity index (χ2n) is 8.38. The lowest BCUT2D eigenvalue weighted by Crippen LogP contribution is -2.44. The number of nitrogens with one attached hydrogen (secondary N) is 1. The van der Waals surface area contributed by atoms with Crippen molar-refractivity contribution in [3.63, 3.8) is 0 Å². The van der Waals surface area contributed by atoms with Gasteiger partial charge in [0.05, 0.1) is 23.4 Å². The van der Waals surface area contributed by atoms with Crippen LogP contribution in [0.2, 0.25) is 0 Å². The molecular formula is C22H25F2N5O3. The Morgan fingerprint density at radius 2 is 1.97 bits per heavy atom. The van der Waals surface area contributed by atoms with Gasteiger partial charge in [0, 0.05) is 51.9 Å². The first-order chi connectivity index (χ1) is 15.3. The van der Waals surface area contributed by atoms with Gasteiger partial charge in [-0.2, -0.15) is 5.10 Å². The van der Waals surface area contributed by atoms with Gasteiger partial charge in [-0.1, -0.05) is 0 Å². The van der Waals surface area contributed by atoms with Crippen molar-refractivity contribution < 1.29 is 23.2 Å². The molecule has 2 aliphatic heterocycles. The fourth-order valence-corrected chi connectivity index (χ4v) is 4.30. The first-order valence-electron chi connectivity index (χ1n) is 10.6. The maximum Gasteiger partial charge on any atom is 0.254 e. The molecule has 2 aromatic rings. The highest BCUT2D eigenvalue weighted by atomic mass is 19.1. The number of benzene rings is 1. The Balaban J connectivity index is 1.27. The van der Waals surface area contributed by atoms with Crippen molar-refractivity contribution in [2.24, 2.45) is 18.9 Å². The van der Waals surface area contributed by atoms with Gasteiger partial charge in [-0.15, -0.1) is 0 Å². The zero-order valence-corrected chi connectivity index (χ0v) is 17.8. The quantitative estimate of drug-likeness (QED) is 0.759. The predicted octanol–water partition coefficient (Wildman–Crippen LogP) is 1.72. The minimum Gasteiger partial charge on any atom is -0.352 e. The van der Waals surface area contributed by atoms with Gasteiger partial charge in [0.1, 0.15) is 11.6 Å². The number of nitrogens with zero attached hydrogens (tertiary/aromatic N) is 4. The number of carbonyl (C=O) groups is 3. The van der Waals surface area contributed by atoms with Crippen LogP contribution in [0.25, 0.3) is 0 Å². The molecule has 0 aliphatic carbocycles. The number of hydrogen-bond donors (Lipinski definition) is 1. The summed E-state index contributed by atoms with van der Waals surface area (Å²) in [5.74, 6) is -2.47. The van der Waals surface area contributed by atoms with Crippen molar-refractivity contribution in [1.82, 2.24) is 20.0 Å². The third kappa shape index (κ3) is 4.63. The zero-order valence-electron chi connectivity index (χ0n) is 17.8. The van der Waals surface area contributed by atoms with Crippen LogP contribution in [0.1, 0.15) is 29.6 Å². The molecule has 1 atom stereocenters. The minimum absolute atomic E-state index is 0.00485. The molecule has 170 valence electrons. The summed E-state index contributed by atoms with van der Waals surface area (Å²) in [4.78, 5) is 40.4. The summed E-state index contributed by atoms with van der Waals surface area (Å²) >= 11 is 0. The number of amides is 3. The number of halogens is 2. The molecule has 2 fully saturated rings. The highest BCUT2D eigenvalue weighted by molar-refractivity contribution is 6.00. The van der Waals surface area contributed by atoms with Crippen LogP contribution in [0.3, 0.4) is 0 Å². The Kier molecular flexibility index (Phi) is 6.20. The second kappa shape index (κ2) is 9.05. The lowest BCUT2D eigenvalue weighted by Gasteiger charge is -2.33. The number of aromatic nitrogens is 2. The van der Waals surface area contributed by atoms with E-state index < -0.39 is 17.6 Å². The lowest BCUT2D eigenvalue weighted by molar-refractivity contribution is -0.137. The fraction of sp³-hybridized carbons (Fsp3) is 0.455. The van der Waals surface area contributed by atoms with Gasteiger partial charge in [0.15, 0.2) is 0 Å². The Labute approximate surface area is 184 Å². The smallest absolute Gasteiger partial charge is 0.254 e. The number of likely N-dealkylation sites (tertiary alicyclic amines) is 1. The number of aryl methyl sites for hydroxylation is 1. The van der Waals surface area contributed by atoms with Crippen LogP contribution in [0.5, 0.6) is 0 Å². The summed E-state index contributed by atoms with van der Waals surface area (Å²) in [7, 11) is 1.75. The summed E-state index contributed by atoms with van der Waals surface area (Å²) in [6, 6.07) is 3.05. The SMILES string of the molecule is Cn1cc(C(=O)NCC2CCN(C(=O)C3CC(=O)N(c4ccc(F)cc4F)C3)CC2)cn1. The van der Waals surface area contributed by atoms with Gasteiger partial charge >= 0.3 is 0 Å². The molecule has 2 aliphatic rings. The van der Waals surface area contributed by atoms with E-state index in [4.69, 9.17) is 0 Å². The number of anilines is 1. The van der Waals surface area contributed by atoms with Crippen LogP contribution in [0.4, 0.5) is 14.5 Å². The Bertz CT molecular complexity index is 1030. The average Bonchev–Trinajstić information content (AvgIpc) is 3.38. The van der Waals surface area contributed by atoms with Crippen molar-refractivity contribution in [3.8, 4) is 0 Å². The monoisotopic (exact) mass is 445 g/mol. The van der Waals surface area contributed by atoms with Crippen molar-refractivity contribution in [2.45, 2.75) is 19.3 Å². The standard InChI is InChI=1S/C22H25F2N5O3/c1-27-12-16(11-26-27)21(31)25-10-14-4-6-28(7-5-14)22(32)15-8-20(30)29(13-15)19-3-2-17(23)9-18(19)24/h2-3,9,11-12,14-15H,4-8,10,13H2,1H3,(H,25,31). The normalized spacial score (nSPS) is 19.5. The summed E-state index contributed by atoms with van der Waals surface area (Å²) < 4.78 is 28.8. The van der Waals surface area contributed by atoms with Gasteiger partial charge in [-0.05, 0) is 30.9 Å². The number of hydrogen-bond acceptors (Lipinski definition) is 4. The first kappa shape index (κ1) is 21.9. The van der Waals surface area contributed by atoms with Gasteiger partial charge in [0.2, 0.25) is 11.8 Å². The Morgan fingerprint density at radius 1 is 1.22 bits per heavy atom. The molecule has 1 aromatic carbocycles. The van der Waals surface area contributed by atoms with Crippen molar-refractivity contribution in [3.05, 3.63) is 47.8 Å². The van der Waals surface area contributed by atoms with Crippen LogP contribution in [-0.4, -0.2) is 58.6 Å². The van der Waals surface area contributed by atoms with Crippen LogP contribution in [-0.2, 0) is 16.6 Å². The van der Waals surface area contributed by atoms with Crippen molar-refractivity contribution in [1.29, 1.82) is 0 Å². The molecule has 1 N–H and O–H groups in total. The predicted molar refractivity (Wildman–Crippen MR) is 112 cm³/mol. The van der Waals surface area contributed by atoms with E-state index in [1.165, 1.54) is 17.2 Å². The number of piperidine rings is 1. The van der Waals surface area contributed by atoms with E-state index >= 15 is 0 Å². The minimum atomic E-state index is -0.819. The number of carbonyl (C=O) groups excluding carboxylic acids is 3. The topological polar surface area (TPSA) is 87.5 Å². The van der Waals surface area contributed by atoms with Crippen molar-refractivity contribution >= 4 is 23.4 Å². The lowest BCUT2D eigenvalue weighted by atomic mass is 9.95. The summed E-state index contributed by atoms with van der Waals surface area (Å²) in [5, 5.41) is 6.90. The average molecular weight is 445 g/mol. The number of rotatable bonds is 5. The highest BCUT2D eigenvalue weighted by Crippen LogP contribution is 2.30. The van der Waals surface area contributed by atoms with Gasteiger partial charge < -0.3 is 15.1 Å². The third-order valence-electron chi connectivity index (χ3n) is 6.12. The van der Waals surface area contributed by atoms with E-state index in [1.807, 2.05) is 0 Å². The van der Waals surface area contributed by atoms with Crippen LogP contribution in [0.15, 0.2) is 30.6 Å². The molecule has 3 amide bonds. The van der Waals surface area contributed by atoms with E-state index in [0.717, 1.165) is 25.0 Å². The summed E-state index contributed by atoms with van der Waals surface area (Å²) in [6.07, 6.45) is 4.67. The maximum atomic E-state index is 14.1. The van der Waals surface area contributed by atoms with E-state index in [-0.39, 0.29) is 42.3 Å². The van der Waals surface area contributed by atoms with Crippen LogP contribution >= 0.6 is 0 Å². The molecule has 2 saturated heterocycles. The van der Waals surface area contributed by atoms with Crippen LogP contribution < -0.4 is 10.2 Å². The molecular weight excluding hydrogens is 420 g/mol. The molecule has 3 heterocycles. The first-order valence-corrected chi connectivity index (χ1v) is 10.6.